The van der Waals surface area contributed by atoms with Gasteiger partial charge in [-0.05, 0) is 43.5 Å². The zero-order chi connectivity index (χ0) is 11.5. The fourth-order valence-corrected chi connectivity index (χ4v) is 1.99. The van der Waals surface area contributed by atoms with E-state index in [0.717, 1.165) is 41.9 Å². The molecule has 0 unspecified atom stereocenters. The van der Waals surface area contributed by atoms with E-state index in [1.165, 1.54) is 0 Å². The highest BCUT2D eigenvalue weighted by atomic mass is 16.7. The van der Waals surface area contributed by atoms with E-state index < -0.39 is 0 Å². The maximum atomic E-state index is 8.99. The smallest absolute Gasteiger partial charge is 0.183 e. The molecule has 0 aromatic heterocycles. The molecule has 1 saturated heterocycles. The molecule has 1 aliphatic heterocycles. The van der Waals surface area contributed by atoms with E-state index in [-0.39, 0.29) is 6.29 Å². The van der Waals surface area contributed by atoms with Crippen LogP contribution in [-0.2, 0) is 9.47 Å². The predicted molar refractivity (Wildman–Crippen MR) is 59.9 cm³/mol. The Morgan fingerprint density at radius 2 is 1.75 bits per heavy atom. The van der Waals surface area contributed by atoms with Crippen molar-refractivity contribution >= 4 is 0 Å². The number of aryl methyl sites for hydroxylation is 2. The van der Waals surface area contributed by atoms with Gasteiger partial charge in [0, 0.05) is 5.56 Å². The molecule has 0 atom stereocenters. The SMILES string of the molecule is Cc1cc(C2OCCCO2)cc(C)c1C#N. The molecular weight excluding hydrogens is 202 g/mol. The van der Waals surface area contributed by atoms with E-state index in [0.29, 0.717) is 0 Å². The van der Waals surface area contributed by atoms with Gasteiger partial charge in [0.15, 0.2) is 6.29 Å². The molecule has 0 radical (unpaired) electrons. The number of nitrogens with zero attached hydrogens (tertiary/aromatic N) is 1. The quantitative estimate of drug-likeness (QED) is 0.726. The Balaban J connectivity index is 2.32. The van der Waals surface area contributed by atoms with Crippen LogP contribution in [0.2, 0.25) is 0 Å². The van der Waals surface area contributed by atoms with Crippen LogP contribution in [0.15, 0.2) is 12.1 Å². The van der Waals surface area contributed by atoms with Crippen molar-refractivity contribution in [1.82, 2.24) is 0 Å². The molecule has 0 amide bonds. The summed E-state index contributed by atoms with van der Waals surface area (Å²) in [6.07, 6.45) is 0.684. The molecule has 2 rings (SSSR count). The first kappa shape index (κ1) is 11.1. The molecule has 16 heavy (non-hydrogen) atoms. The summed E-state index contributed by atoms with van der Waals surface area (Å²) in [5.41, 5.74) is 3.72. The number of nitriles is 1. The van der Waals surface area contributed by atoms with Gasteiger partial charge in [-0.25, -0.2) is 0 Å². The Morgan fingerprint density at radius 1 is 1.19 bits per heavy atom. The first-order chi connectivity index (χ1) is 7.72. The van der Waals surface area contributed by atoms with Gasteiger partial charge in [-0.2, -0.15) is 5.26 Å². The molecule has 0 N–H and O–H groups in total. The average Bonchev–Trinajstić information content (AvgIpc) is 2.30. The summed E-state index contributed by atoms with van der Waals surface area (Å²) in [6.45, 7) is 5.36. The second-order valence-electron chi connectivity index (χ2n) is 4.07. The van der Waals surface area contributed by atoms with E-state index in [1.807, 2.05) is 26.0 Å². The van der Waals surface area contributed by atoms with Crippen molar-refractivity contribution in [2.45, 2.75) is 26.6 Å². The maximum absolute atomic E-state index is 8.99. The molecule has 1 aliphatic rings. The van der Waals surface area contributed by atoms with Crippen molar-refractivity contribution in [2.24, 2.45) is 0 Å². The second-order valence-corrected chi connectivity index (χ2v) is 4.07. The standard InChI is InChI=1S/C13H15NO2/c1-9-6-11(7-10(2)12(9)8-14)13-15-4-3-5-16-13/h6-7,13H,3-5H2,1-2H3. The van der Waals surface area contributed by atoms with Crippen LogP contribution in [0.25, 0.3) is 0 Å². The molecule has 0 aliphatic carbocycles. The summed E-state index contributed by atoms with van der Waals surface area (Å²) in [6, 6.07) is 6.16. The summed E-state index contributed by atoms with van der Waals surface area (Å²) in [7, 11) is 0. The van der Waals surface area contributed by atoms with E-state index in [9.17, 15) is 0 Å². The average molecular weight is 217 g/mol. The van der Waals surface area contributed by atoms with Crippen LogP contribution in [0.5, 0.6) is 0 Å². The molecule has 1 heterocycles. The third-order valence-electron chi connectivity index (χ3n) is 2.77. The maximum Gasteiger partial charge on any atom is 0.183 e. The summed E-state index contributed by atoms with van der Waals surface area (Å²) in [5.74, 6) is 0. The number of benzene rings is 1. The summed E-state index contributed by atoms with van der Waals surface area (Å²) >= 11 is 0. The highest BCUT2D eigenvalue weighted by Gasteiger charge is 2.18. The Hall–Kier alpha value is -1.37. The molecule has 0 saturated carbocycles. The molecule has 3 nitrogen and oxygen atoms in total. The lowest BCUT2D eigenvalue weighted by Gasteiger charge is -2.24. The summed E-state index contributed by atoms with van der Waals surface area (Å²) in [5, 5.41) is 8.99. The van der Waals surface area contributed by atoms with Crippen LogP contribution >= 0.6 is 0 Å². The lowest BCUT2D eigenvalue weighted by atomic mass is 10.00. The lowest BCUT2D eigenvalue weighted by Crippen LogP contribution is -2.18. The summed E-state index contributed by atoms with van der Waals surface area (Å²) < 4.78 is 11.1. The van der Waals surface area contributed by atoms with Gasteiger partial charge in [0.25, 0.3) is 0 Å². The minimum Gasteiger partial charge on any atom is -0.348 e. The van der Waals surface area contributed by atoms with Gasteiger partial charge >= 0.3 is 0 Å². The predicted octanol–water partition coefficient (Wildman–Crippen LogP) is 2.61. The first-order valence-electron chi connectivity index (χ1n) is 5.47. The van der Waals surface area contributed by atoms with Crippen molar-refractivity contribution in [1.29, 1.82) is 5.26 Å². The van der Waals surface area contributed by atoms with Crippen LogP contribution in [0.3, 0.4) is 0 Å². The number of hydrogen-bond acceptors (Lipinski definition) is 3. The highest BCUT2D eigenvalue weighted by Crippen LogP contribution is 2.26. The number of ether oxygens (including phenoxy) is 2. The van der Waals surface area contributed by atoms with Crippen molar-refractivity contribution < 1.29 is 9.47 Å². The monoisotopic (exact) mass is 217 g/mol. The first-order valence-corrected chi connectivity index (χ1v) is 5.47. The van der Waals surface area contributed by atoms with Crippen molar-refractivity contribution in [2.75, 3.05) is 13.2 Å². The lowest BCUT2D eigenvalue weighted by molar-refractivity contribution is -0.183. The molecule has 1 fully saturated rings. The minimum atomic E-state index is -0.265. The van der Waals surface area contributed by atoms with Crippen LogP contribution in [0, 0.1) is 25.2 Å². The van der Waals surface area contributed by atoms with Gasteiger partial charge in [-0.15, -0.1) is 0 Å². The normalized spacial score (nSPS) is 17.1. The molecule has 3 heteroatoms. The molecule has 84 valence electrons. The van der Waals surface area contributed by atoms with Gasteiger partial charge < -0.3 is 9.47 Å². The van der Waals surface area contributed by atoms with Crippen molar-refractivity contribution in [3.63, 3.8) is 0 Å². The van der Waals surface area contributed by atoms with Crippen LogP contribution in [0.4, 0.5) is 0 Å². The van der Waals surface area contributed by atoms with Crippen LogP contribution in [0.1, 0.15) is 35.0 Å². The Labute approximate surface area is 95.6 Å². The van der Waals surface area contributed by atoms with Gasteiger partial charge in [-0.1, -0.05) is 0 Å². The molecule has 1 aromatic rings. The minimum absolute atomic E-state index is 0.265. The van der Waals surface area contributed by atoms with E-state index >= 15 is 0 Å². The van der Waals surface area contributed by atoms with E-state index in [2.05, 4.69) is 6.07 Å². The molecule has 0 spiro atoms. The topological polar surface area (TPSA) is 42.2 Å². The van der Waals surface area contributed by atoms with Crippen LogP contribution in [-0.4, -0.2) is 13.2 Å². The number of rotatable bonds is 1. The molecule has 1 aromatic carbocycles. The second kappa shape index (κ2) is 4.65. The van der Waals surface area contributed by atoms with Gasteiger partial charge in [0.05, 0.1) is 24.8 Å². The van der Waals surface area contributed by atoms with E-state index in [4.69, 9.17) is 14.7 Å². The zero-order valence-corrected chi connectivity index (χ0v) is 9.62. The van der Waals surface area contributed by atoms with Gasteiger partial charge in [-0.3, -0.25) is 0 Å². The fraction of sp³-hybridized carbons (Fsp3) is 0.462. The molecular formula is C13H15NO2. The Kier molecular flexibility index (Phi) is 3.23. The van der Waals surface area contributed by atoms with Gasteiger partial charge in [0.1, 0.15) is 0 Å². The van der Waals surface area contributed by atoms with Gasteiger partial charge in [0.2, 0.25) is 0 Å². The fourth-order valence-electron chi connectivity index (χ4n) is 1.99. The Bertz CT molecular complexity index is 405. The summed E-state index contributed by atoms with van der Waals surface area (Å²) in [4.78, 5) is 0. The number of hydrogen-bond donors (Lipinski definition) is 0. The Morgan fingerprint density at radius 3 is 2.25 bits per heavy atom. The highest BCUT2D eigenvalue weighted by molar-refractivity contribution is 5.46. The zero-order valence-electron chi connectivity index (χ0n) is 9.62. The third-order valence-corrected chi connectivity index (χ3v) is 2.77. The van der Waals surface area contributed by atoms with E-state index in [1.54, 1.807) is 0 Å². The largest absolute Gasteiger partial charge is 0.348 e. The molecule has 0 bridgehead atoms. The van der Waals surface area contributed by atoms with Crippen molar-refractivity contribution in [3.05, 3.63) is 34.4 Å². The third kappa shape index (κ3) is 2.08. The van der Waals surface area contributed by atoms with Crippen LogP contribution < -0.4 is 0 Å². The van der Waals surface area contributed by atoms with Crippen molar-refractivity contribution in [3.8, 4) is 6.07 Å².